The zero-order valence-electron chi connectivity index (χ0n) is 7.38. The molecule has 1 rings (SSSR count). The Morgan fingerprint density at radius 1 is 1.62 bits per heavy atom. The van der Waals surface area contributed by atoms with Gasteiger partial charge in [-0.25, -0.2) is 0 Å². The molecule has 0 aliphatic rings. The summed E-state index contributed by atoms with van der Waals surface area (Å²) in [4.78, 5) is 0. The van der Waals surface area contributed by atoms with Gasteiger partial charge in [0.2, 0.25) is 0 Å². The van der Waals surface area contributed by atoms with Crippen molar-refractivity contribution in [2.45, 2.75) is 6.42 Å². The van der Waals surface area contributed by atoms with Crippen LogP contribution in [0.4, 0.5) is 0 Å². The van der Waals surface area contributed by atoms with E-state index in [1.54, 1.807) is 12.1 Å². The molecule has 0 bridgehead atoms. The Hall–Kier alpha value is -0.960. The molecule has 2 nitrogen and oxygen atoms in total. The van der Waals surface area contributed by atoms with Crippen molar-refractivity contribution in [2.75, 3.05) is 7.11 Å². The summed E-state index contributed by atoms with van der Waals surface area (Å²) >= 11 is 3.35. The predicted octanol–water partition coefficient (Wildman–Crippen LogP) is 2.89. The number of methoxy groups -OCH3 is 1. The van der Waals surface area contributed by atoms with Crippen LogP contribution < -0.4 is 4.74 Å². The lowest BCUT2D eigenvalue weighted by atomic mass is 10.1. The van der Waals surface area contributed by atoms with Crippen LogP contribution >= 0.6 is 15.9 Å². The van der Waals surface area contributed by atoms with Crippen LogP contribution in [-0.2, 0) is 6.42 Å². The predicted molar refractivity (Wildman–Crippen MR) is 56.3 cm³/mol. The van der Waals surface area contributed by atoms with Gasteiger partial charge in [0.1, 0.15) is 0 Å². The zero-order chi connectivity index (χ0) is 9.84. The van der Waals surface area contributed by atoms with E-state index in [4.69, 9.17) is 4.74 Å². The first-order chi connectivity index (χ1) is 6.20. The number of halogens is 1. The Morgan fingerprint density at radius 3 is 2.85 bits per heavy atom. The second-order valence-electron chi connectivity index (χ2n) is 2.57. The topological polar surface area (TPSA) is 29.5 Å². The van der Waals surface area contributed by atoms with Crippen LogP contribution in [0.25, 0.3) is 0 Å². The fourth-order valence-corrected chi connectivity index (χ4v) is 1.58. The van der Waals surface area contributed by atoms with E-state index < -0.39 is 0 Å². The van der Waals surface area contributed by atoms with Crippen LogP contribution in [0.15, 0.2) is 29.3 Å². The van der Waals surface area contributed by atoms with Crippen LogP contribution in [0.2, 0.25) is 0 Å². The van der Waals surface area contributed by atoms with Crippen molar-refractivity contribution in [1.82, 2.24) is 0 Å². The SMILES string of the molecule is C=CCc1c(Br)ccc(OC)c1O. The van der Waals surface area contributed by atoms with Crippen LogP contribution in [0.3, 0.4) is 0 Å². The minimum Gasteiger partial charge on any atom is -0.504 e. The first kappa shape index (κ1) is 10.1. The van der Waals surface area contributed by atoms with E-state index in [0.717, 1.165) is 10.0 Å². The third-order valence-corrected chi connectivity index (χ3v) is 2.50. The number of ether oxygens (including phenoxy) is 1. The maximum absolute atomic E-state index is 9.70. The Kier molecular flexibility index (Phi) is 3.37. The molecule has 0 aromatic heterocycles. The van der Waals surface area contributed by atoms with Crippen molar-refractivity contribution in [3.05, 3.63) is 34.8 Å². The summed E-state index contributed by atoms with van der Waals surface area (Å²) in [5.41, 5.74) is 0.800. The molecule has 0 saturated carbocycles. The van der Waals surface area contributed by atoms with Crippen molar-refractivity contribution in [1.29, 1.82) is 0 Å². The number of rotatable bonds is 3. The number of hydrogen-bond acceptors (Lipinski definition) is 2. The molecule has 0 fully saturated rings. The highest BCUT2D eigenvalue weighted by atomic mass is 79.9. The summed E-state index contributed by atoms with van der Waals surface area (Å²) in [7, 11) is 1.53. The average Bonchev–Trinajstić information content (AvgIpc) is 2.12. The quantitative estimate of drug-likeness (QED) is 0.827. The lowest BCUT2D eigenvalue weighted by Gasteiger charge is -2.08. The molecule has 70 valence electrons. The second kappa shape index (κ2) is 4.33. The molecule has 0 unspecified atom stereocenters. The summed E-state index contributed by atoms with van der Waals surface area (Å²) < 4.78 is 5.85. The highest BCUT2D eigenvalue weighted by molar-refractivity contribution is 9.10. The highest BCUT2D eigenvalue weighted by Crippen LogP contribution is 2.35. The lowest BCUT2D eigenvalue weighted by Crippen LogP contribution is -1.89. The monoisotopic (exact) mass is 242 g/mol. The summed E-state index contributed by atoms with van der Waals surface area (Å²) in [6, 6.07) is 3.56. The molecule has 0 saturated heterocycles. The number of aromatic hydroxyl groups is 1. The molecular weight excluding hydrogens is 232 g/mol. The summed E-state index contributed by atoms with van der Waals surface area (Å²) in [6.45, 7) is 3.62. The van der Waals surface area contributed by atoms with E-state index in [-0.39, 0.29) is 5.75 Å². The summed E-state index contributed by atoms with van der Waals surface area (Å²) in [5.74, 6) is 0.664. The average molecular weight is 243 g/mol. The summed E-state index contributed by atoms with van der Waals surface area (Å²) in [5, 5.41) is 9.70. The van der Waals surface area contributed by atoms with Gasteiger partial charge >= 0.3 is 0 Å². The van der Waals surface area contributed by atoms with Crippen molar-refractivity contribution < 1.29 is 9.84 Å². The molecule has 13 heavy (non-hydrogen) atoms. The first-order valence-corrected chi connectivity index (χ1v) is 4.65. The summed E-state index contributed by atoms with van der Waals surface area (Å²) in [6.07, 6.45) is 2.35. The standard InChI is InChI=1S/C10H11BrO2/c1-3-4-7-8(11)5-6-9(13-2)10(7)12/h3,5-6,12H,1,4H2,2H3. The number of allylic oxidation sites excluding steroid dienone is 1. The van der Waals surface area contributed by atoms with Crippen molar-refractivity contribution in [2.24, 2.45) is 0 Å². The van der Waals surface area contributed by atoms with Gasteiger partial charge < -0.3 is 9.84 Å². The van der Waals surface area contributed by atoms with Gasteiger partial charge in [-0.2, -0.15) is 0 Å². The molecule has 0 aliphatic heterocycles. The number of phenolic OH excluding ortho intramolecular Hbond substituents is 1. The molecule has 0 aliphatic carbocycles. The molecule has 1 aromatic rings. The molecule has 0 spiro atoms. The van der Waals surface area contributed by atoms with Gasteiger partial charge in [0, 0.05) is 10.0 Å². The van der Waals surface area contributed by atoms with Gasteiger partial charge in [0.15, 0.2) is 11.5 Å². The Labute approximate surface area is 86.0 Å². The maximum Gasteiger partial charge on any atom is 0.162 e. The second-order valence-corrected chi connectivity index (χ2v) is 3.42. The minimum atomic E-state index is 0.178. The molecule has 1 aromatic carbocycles. The van der Waals surface area contributed by atoms with E-state index in [2.05, 4.69) is 22.5 Å². The Morgan fingerprint density at radius 2 is 2.31 bits per heavy atom. The normalized spacial score (nSPS) is 9.69. The fourth-order valence-electron chi connectivity index (χ4n) is 1.09. The number of hydrogen-bond donors (Lipinski definition) is 1. The third-order valence-electron chi connectivity index (χ3n) is 1.76. The van der Waals surface area contributed by atoms with Crippen LogP contribution in [-0.4, -0.2) is 12.2 Å². The van der Waals surface area contributed by atoms with E-state index >= 15 is 0 Å². The first-order valence-electron chi connectivity index (χ1n) is 3.86. The highest BCUT2D eigenvalue weighted by Gasteiger charge is 2.09. The van der Waals surface area contributed by atoms with Crippen LogP contribution in [0.5, 0.6) is 11.5 Å². The van der Waals surface area contributed by atoms with Gasteiger partial charge in [0.05, 0.1) is 7.11 Å². The van der Waals surface area contributed by atoms with Gasteiger partial charge in [0.25, 0.3) is 0 Å². The molecule has 3 heteroatoms. The van der Waals surface area contributed by atoms with Gasteiger partial charge in [-0.15, -0.1) is 6.58 Å². The number of phenols is 1. The smallest absolute Gasteiger partial charge is 0.162 e. The van der Waals surface area contributed by atoms with E-state index in [1.165, 1.54) is 7.11 Å². The Bertz CT molecular complexity index is 321. The number of benzene rings is 1. The van der Waals surface area contributed by atoms with Gasteiger partial charge in [-0.05, 0) is 18.6 Å². The van der Waals surface area contributed by atoms with E-state index in [1.807, 2.05) is 6.07 Å². The molecule has 0 atom stereocenters. The fraction of sp³-hybridized carbons (Fsp3) is 0.200. The maximum atomic E-state index is 9.70. The van der Waals surface area contributed by atoms with Crippen molar-refractivity contribution in [3.8, 4) is 11.5 Å². The lowest BCUT2D eigenvalue weighted by molar-refractivity contribution is 0.371. The molecule has 0 amide bonds. The Balaban J connectivity index is 3.20. The molecule has 0 radical (unpaired) electrons. The molecule has 1 N–H and O–H groups in total. The largest absolute Gasteiger partial charge is 0.504 e. The molecular formula is C10H11BrO2. The van der Waals surface area contributed by atoms with E-state index in [0.29, 0.717) is 12.2 Å². The van der Waals surface area contributed by atoms with Crippen LogP contribution in [0, 0.1) is 0 Å². The minimum absolute atomic E-state index is 0.178. The molecule has 0 heterocycles. The van der Waals surface area contributed by atoms with E-state index in [9.17, 15) is 5.11 Å². The third kappa shape index (κ3) is 2.04. The van der Waals surface area contributed by atoms with Gasteiger partial charge in [-0.3, -0.25) is 0 Å². The van der Waals surface area contributed by atoms with Crippen LogP contribution in [0.1, 0.15) is 5.56 Å². The van der Waals surface area contributed by atoms with Crippen molar-refractivity contribution in [3.63, 3.8) is 0 Å². The zero-order valence-corrected chi connectivity index (χ0v) is 8.97. The van der Waals surface area contributed by atoms with Crippen molar-refractivity contribution >= 4 is 15.9 Å². The van der Waals surface area contributed by atoms with Gasteiger partial charge in [-0.1, -0.05) is 22.0 Å².